The zero-order valence-corrected chi connectivity index (χ0v) is 18.9. The maximum absolute atomic E-state index is 14.4. The van der Waals surface area contributed by atoms with Crippen LogP contribution in [0.25, 0.3) is 22.0 Å². The topological polar surface area (TPSA) is 82.8 Å². The summed E-state index contributed by atoms with van der Waals surface area (Å²) >= 11 is 0. The Labute approximate surface area is 182 Å². The lowest BCUT2D eigenvalue weighted by atomic mass is 10.0. The van der Waals surface area contributed by atoms with Crippen LogP contribution in [0.15, 0.2) is 53.5 Å². The average Bonchev–Trinajstić information content (AvgIpc) is 3.54. The number of aromatic nitrogens is 2. The van der Waals surface area contributed by atoms with Crippen LogP contribution < -0.4 is 5.73 Å². The Bertz CT molecular complexity index is 1270. The van der Waals surface area contributed by atoms with Gasteiger partial charge in [0.15, 0.2) is 0 Å². The number of rotatable bonds is 7. The first-order valence-electron chi connectivity index (χ1n) is 10.4. The average molecular weight is 444 g/mol. The minimum Gasteiger partial charge on any atom is -0.354 e. The van der Waals surface area contributed by atoms with Crippen molar-refractivity contribution in [3.8, 4) is 11.1 Å². The molecule has 8 heteroatoms. The van der Waals surface area contributed by atoms with Gasteiger partial charge in [-0.2, -0.15) is 0 Å². The summed E-state index contributed by atoms with van der Waals surface area (Å²) in [6, 6.07) is 7.99. The third-order valence-corrected chi connectivity index (χ3v) is 7.63. The molecule has 0 bridgehead atoms. The Morgan fingerprint density at radius 3 is 2.68 bits per heavy atom. The highest BCUT2D eigenvalue weighted by Crippen LogP contribution is 2.43. The van der Waals surface area contributed by atoms with Crippen molar-refractivity contribution in [3.63, 3.8) is 0 Å². The van der Waals surface area contributed by atoms with Crippen molar-refractivity contribution in [3.05, 3.63) is 59.8 Å². The Balaban J connectivity index is 1.94. The number of sulfonamides is 1. The van der Waals surface area contributed by atoms with E-state index in [1.165, 1.54) is 49.1 Å². The second-order valence-corrected chi connectivity index (χ2v) is 10.4. The molecule has 0 radical (unpaired) electrons. The van der Waals surface area contributed by atoms with E-state index >= 15 is 0 Å². The predicted octanol–water partition coefficient (Wildman–Crippen LogP) is 3.23. The molecule has 1 saturated carbocycles. The van der Waals surface area contributed by atoms with E-state index in [1.807, 2.05) is 17.6 Å². The molecule has 3 N–H and O–H groups in total. The van der Waals surface area contributed by atoms with Gasteiger partial charge in [-0.15, -0.1) is 0 Å². The Kier molecular flexibility index (Phi) is 5.72. The quantitative estimate of drug-likeness (QED) is 0.609. The second kappa shape index (κ2) is 8.18. The molecule has 4 rings (SSSR count). The van der Waals surface area contributed by atoms with Crippen molar-refractivity contribution < 1.29 is 18.5 Å². The highest BCUT2D eigenvalue weighted by molar-refractivity contribution is 7.89. The summed E-state index contributed by atoms with van der Waals surface area (Å²) in [7, 11) is -0.619. The van der Waals surface area contributed by atoms with Crippen LogP contribution in [0.1, 0.15) is 30.0 Å². The van der Waals surface area contributed by atoms with Crippen LogP contribution >= 0.6 is 0 Å². The van der Waals surface area contributed by atoms with Gasteiger partial charge >= 0.3 is 0 Å². The van der Waals surface area contributed by atoms with E-state index < -0.39 is 10.0 Å². The van der Waals surface area contributed by atoms with Crippen LogP contribution in [0.3, 0.4) is 0 Å². The molecular weight excluding hydrogens is 415 g/mol. The predicted molar refractivity (Wildman–Crippen MR) is 120 cm³/mol. The molecule has 2 aromatic heterocycles. The molecule has 164 valence electrons. The lowest BCUT2D eigenvalue weighted by Crippen LogP contribution is -2.49. The number of nitrogens with zero attached hydrogens (tertiary/aromatic N) is 3. The smallest absolute Gasteiger partial charge is 0.244 e. The van der Waals surface area contributed by atoms with Crippen molar-refractivity contribution in [2.45, 2.75) is 37.1 Å². The molecule has 0 saturated heterocycles. The molecule has 1 aromatic carbocycles. The molecule has 31 heavy (non-hydrogen) atoms. The fourth-order valence-electron chi connectivity index (χ4n) is 4.02. The van der Waals surface area contributed by atoms with Crippen LogP contribution in [-0.2, 0) is 16.6 Å². The minimum atomic E-state index is -3.62. The molecule has 1 aliphatic rings. The summed E-state index contributed by atoms with van der Waals surface area (Å²) in [5.74, 6) is 0.331. The molecular formula is C23H28FN4O2S+. The van der Waals surface area contributed by atoms with E-state index in [0.717, 1.165) is 22.2 Å². The number of quaternary nitrogens is 1. The number of allylic oxidation sites excluding steroid dienone is 1. The van der Waals surface area contributed by atoms with Crippen molar-refractivity contribution >= 4 is 20.9 Å². The molecule has 2 heterocycles. The second-order valence-electron chi connectivity index (χ2n) is 8.23. The molecule has 0 unspecified atom stereocenters. The molecule has 6 nitrogen and oxygen atoms in total. The number of halogens is 1. The molecule has 3 aromatic rings. The molecule has 0 amide bonds. The van der Waals surface area contributed by atoms with Gasteiger partial charge in [-0.1, -0.05) is 6.07 Å². The third-order valence-electron chi connectivity index (χ3n) is 5.85. The molecule has 1 fully saturated rings. The SMILES string of the molecule is Cc1c(-c2cncc(S(=O)(=O)N(C)C)c2)c2cc(C3CC3)ccc2n1CC(F)=CC[NH3+]. The van der Waals surface area contributed by atoms with Crippen LogP contribution in [0.4, 0.5) is 4.39 Å². The first-order valence-corrected chi connectivity index (χ1v) is 11.8. The van der Waals surface area contributed by atoms with Crippen molar-refractivity contribution in [1.82, 2.24) is 13.9 Å². The zero-order valence-electron chi connectivity index (χ0n) is 18.1. The van der Waals surface area contributed by atoms with Gasteiger partial charge in [0.25, 0.3) is 0 Å². The number of hydrogen-bond acceptors (Lipinski definition) is 3. The van der Waals surface area contributed by atoms with E-state index in [-0.39, 0.29) is 17.3 Å². The highest BCUT2D eigenvalue weighted by Gasteiger charge is 2.26. The number of benzene rings is 1. The first kappa shape index (κ1) is 21.7. The van der Waals surface area contributed by atoms with Gasteiger partial charge in [-0.05, 0) is 49.4 Å². The van der Waals surface area contributed by atoms with Crippen molar-refractivity contribution in [1.29, 1.82) is 0 Å². The normalized spacial score (nSPS) is 15.2. The van der Waals surface area contributed by atoms with Gasteiger partial charge < -0.3 is 10.3 Å². The summed E-state index contributed by atoms with van der Waals surface area (Å²) in [5, 5.41) is 0.991. The van der Waals surface area contributed by atoms with E-state index in [0.29, 0.717) is 18.0 Å². The lowest BCUT2D eigenvalue weighted by molar-refractivity contribution is -0.353. The summed E-state index contributed by atoms with van der Waals surface area (Å²) in [5.41, 5.74) is 8.36. The van der Waals surface area contributed by atoms with Crippen molar-refractivity contribution in [2.24, 2.45) is 0 Å². The van der Waals surface area contributed by atoms with Crippen molar-refractivity contribution in [2.75, 3.05) is 20.6 Å². The summed E-state index contributed by atoms with van der Waals surface area (Å²) in [6.45, 7) is 2.44. The Hall–Kier alpha value is -2.55. The maximum atomic E-state index is 14.4. The number of fused-ring (bicyclic) bond motifs is 1. The summed E-state index contributed by atoms with van der Waals surface area (Å²) < 4.78 is 42.9. The molecule has 0 atom stereocenters. The third kappa shape index (κ3) is 4.03. The monoisotopic (exact) mass is 443 g/mol. The van der Waals surface area contributed by atoms with Crippen LogP contribution in [0.5, 0.6) is 0 Å². The maximum Gasteiger partial charge on any atom is 0.244 e. The van der Waals surface area contributed by atoms with Gasteiger partial charge in [0.1, 0.15) is 10.7 Å². The van der Waals surface area contributed by atoms with Gasteiger partial charge in [0.05, 0.1) is 13.1 Å². The molecule has 0 aliphatic heterocycles. The van der Waals surface area contributed by atoms with E-state index in [1.54, 1.807) is 12.3 Å². The van der Waals surface area contributed by atoms with Gasteiger partial charge in [-0.25, -0.2) is 17.1 Å². The Morgan fingerprint density at radius 2 is 2.03 bits per heavy atom. The van der Waals surface area contributed by atoms with Crippen LogP contribution in [0, 0.1) is 6.92 Å². The van der Waals surface area contributed by atoms with Gasteiger partial charge in [0, 0.05) is 60.3 Å². The molecule has 1 aliphatic carbocycles. The summed E-state index contributed by atoms with van der Waals surface area (Å²) in [4.78, 5) is 4.35. The highest BCUT2D eigenvalue weighted by atomic mass is 32.2. The minimum absolute atomic E-state index is 0.115. The number of hydrogen-bond donors (Lipinski definition) is 1. The van der Waals surface area contributed by atoms with E-state index in [9.17, 15) is 12.8 Å². The fourth-order valence-corrected chi connectivity index (χ4v) is 4.91. The summed E-state index contributed by atoms with van der Waals surface area (Å²) in [6.07, 6.45) is 6.88. The lowest BCUT2D eigenvalue weighted by Gasteiger charge is -2.12. The standard InChI is InChI=1S/C23H27FN4O2S/c1-15-23(18-10-20(13-26-12-18)31(29,30)27(2)3)21-11-17(16-4-5-16)6-7-22(21)28(15)14-19(24)8-9-25/h6-8,10-13,16H,4-5,9,14,25H2,1-3H3/p+1. The fraction of sp³-hybridized carbons (Fsp3) is 0.348. The zero-order chi connectivity index (χ0) is 22.3. The number of pyridine rings is 1. The molecule has 0 spiro atoms. The first-order chi connectivity index (χ1) is 14.7. The van der Waals surface area contributed by atoms with Gasteiger partial charge in [0.2, 0.25) is 10.0 Å². The van der Waals surface area contributed by atoms with Gasteiger partial charge in [-0.3, -0.25) is 4.98 Å². The van der Waals surface area contributed by atoms with E-state index in [2.05, 4.69) is 22.9 Å². The van der Waals surface area contributed by atoms with E-state index in [4.69, 9.17) is 0 Å². The Morgan fingerprint density at radius 1 is 1.29 bits per heavy atom. The van der Waals surface area contributed by atoms with Crippen LogP contribution in [-0.4, -0.2) is 42.9 Å². The van der Waals surface area contributed by atoms with Crippen LogP contribution in [0.2, 0.25) is 0 Å². The largest absolute Gasteiger partial charge is 0.354 e.